The number of nitrogens with zero attached hydrogens (tertiary/aromatic N) is 3. The van der Waals surface area contributed by atoms with Gasteiger partial charge in [-0.3, -0.25) is 14.4 Å². The Labute approximate surface area is 283 Å². The van der Waals surface area contributed by atoms with Crippen molar-refractivity contribution in [1.82, 2.24) is 25.4 Å². The summed E-state index contributed by atoms with van der Waals surface area (Å²) in [6.45, 7) is 1.33. The number of rotatable bonds is 13. The summed E-state index contributed by atoms with van der Waals surface area (Å²) in [6, 6.07) is 22.6. The van der Waals surface area contributed by atoms with E-state index in [1.54, 1.807) is 35.2 Å². The number of halogens is 1. The molecular weight excluding hydrogens is 631 g/mol. The zero-order valence-electron chi connectivity index (χ0n) is 26.8. The molecule has 1 aromatic heterocycles. The fourth-order valence-corrected chi connectivity index (χ4v) is 5.60. The predicted octanol–water partition coefficient (Wildman–Crippen LogP) is 2.39. The van der Waals surface area contributed by atoms with Crippen LogP contribution in [0.5, 0.6) is 0 Å². The monoisotopic (exact) mass is 670 g/mol. The Morgan fingerprint density at radius 1 is 0.898 bits per heavy atom. The molecule has 256 valence electrons. The molecule has 3 aromatic carbocycles. The lowest BCUT2D eigenvalue weighted by Gasteiger charge is -2.36. The van der Waals surface area contributed by atoms with Gasteiger partial charge in [0.05, 0.1) is 43.8 Å². The number of carbonyl (C=O) groups is 4. The molecule has 13 heteroatoms. The highest BCUT2D eigenvalue weighted by molar-refractivity contribution is 5.99. The molecule has 5 amide bonds. The molecule has 5 N–H and O–H groups in total. The van der Waals surface area contributed by atoms with E-state index in [2.05, 4.69) is 15.6 Å². The van der Waals surface area contributed by atoms with Crippen molar-refractivity contribution >= 4 is 34.7 Å². The van der Waals surface area contributed by atoms with E-state index in [4.69, 9.17) is 10.5 Å². The second-order valence-corrected chi connectivity index (χ2v) is 11.8. The maximum atomic E-state index is 13.7. The van der Waals surface area contributed by atoms with Gasteiger partial charge in [0.15, 0.2) is 0 Å². The lowest BCUT2D eigenvalue weighted by atomic mass is 9.99. The van der Waals surface area contributed by atoms with Crippen LogP contribution in [0.25, 0.3) is 10.9 Å². The summed E-state index contributed by atoms with van der Waals surface area (Å²) in [5.74, 6) is -2.69. The molecule has 1 aliphatic rings. The number of pyridine rings is 1. The number of nitrogens with two attached hydrogens (primary N) is 1. The number of fused-ring (bicyclic) bond motifs is 1. The SMILES string of the molecule is NC(=O)CC(NC(=O)c1ccc2ccccc2n1)C(=O)N[C@@H](Cc1ccccc1)C(O)CN(Cc1ccc(F)cc1)C(=O)N1CCOCC1. The van der Waals surface area contributed by atoms with E-state index in [0.717, 1.165) is 10.9 Å². The minimum Gasteiger partial charge on any atom is -0.389 e. The van der Waals surface area contributed by atoms with Crippen LogP contribution in [-0.4, -0.2) is 94.7 Å². The number of aromatic nitrogens is 1. The third-order valence-corrected chi connectivity index (χ3v) is 8.20. The second kappa shape index (κ2) is 16.6. The van der Waals surface area contributed by atoms with Crippen molar-refractivity contribution in [2.75, 3.05) is 32.8 Å². The average Bonchev–Trinajstić information content (AvgIpc) is 3.11. The van der Waals surface area contributed by atoms with Gasteiger partial charge in [-0.15, -0.1) is 0 Å². The van der Waals surface area contributed by atoms with Crippen LogP contribution in [0.15, 0.2) is 91.0 Å². The summed E-state index contributed by atoms with van der Waals surface area (Å²) in [5, 5.41) is 17.9. The lowest BCUT2D eigenvalue weighted by Crippen LogP contribution is -2.57. The number of carbonyl (C=O) groups excluding carboxylic acids is 4. The lowest BCUT2D eigenvalue weighted by molar-refractivity contribution is -0.128. The number of aliphatic hydroxyl groups excluding tert-OH is 1. The number of primary amides is 1. The van der Waals surface area contributed by atoms with Crippen molar-refractivity contribution < 1.29 is 33.4 Å². The van der Waals surface area contributed by atoms with Gasteiger partial charge >= 0.3 is 6.03 Å². The van der Waals surface area contributed by atoms with Crippen LogP contribution < -0.4 is 16.4 Å². The highest BCUT2D eigenvalue weighted by Crippen LogP contribution is 2.16. The molecule has 2 heterocycles. The highest BCUT2D eigenvalue weighted by atomic mass is 19.1. The Morgan fingerprint density at radius 2 is 1.59 bits per heavy atom. The number of ether oxygens (including phenoxy) is 1. The van der Waals surface area contributed by atoms with Gasteiger partial charge in [-0.1, -0.05) is 66.7 Å². The van der Waals surface area contributed by atoms with Crippen LogP contribution in [0.3, 0.4) is 0 Å². The van der Waals surface area contributed by atoms with E-state index in [1.165, 1.54) is 23.1 Å². The number of para-hydroxylation sites is 1. The number of urea groups is 1. The van der Waals surface area contributed by atoms with Crippen LogP contribution >= 0.6 is 0 Å². The minimum absolute atomic E-state index is 0.0416. The molecule has 0 spiro atoms. The molecule has 49 heavy (non-hydrogen) atoms. The van der Waals surface area contributed by atoms with Gasteiger partial charge < -0.3 is 36.0 Å². The van der Waals surface area contributed by atoms with Gasteiger partial charge in [-0.25, -0.2) is 14.2 Å². The summed E-state index contributed by atoms with van der Waals surface area (Å²) < 4.78 is 19.1. The predicted molar refractivity (Wildman–Crippen MR) is 179 cm³/mol. The number of aliphatic hydroxyl groups is 1. The van der Waals surface area contributed by atoms with Crippen LogP contribution in [0, 0.1) is 5.82 Å². The van der Waals surface area contributed by atoms with Gasteiger partial charge in [-0.2, -0.15) is 0 Å². The smallest absolute Gasteiger partial charge is 0.320 e. The molecule has 0 saturated carbocycles. The van der Waals surface area contributed by atoms with Gasteiger partial charge in [0.25, 0.3) is 5.91 Å². The summed E-state index contributed by atoms with van der Waals surface area (Å²) >= 11 is 0. The third kappa shape index (κ3) is 9.81. The van der Waals surface area contributed by atoms with Crippen molar-refractivity contribution in [3.63, 3.8) is 0 Å². The largest absolute Gasteiger partial charge is 0.389 e. The fourth-order valence-electron chi connectivity index (χ4n) is 5.60. The van der Waals surface area contributed by atoms with E-state index in [1.807, 2.05) is 42.5 Å². The van der Waals surface area contributed by atoms with Crippen LogP contribution in [0.1, 0.15) is 28.0 Å². The molecule has 12 nitrogen and oxygen atoms in total. The molecule has 1 aliphatic heterocycles. The average molecular weight is 671 g/mol. The molecule has 0 aliphatic carbocycles. The molecule has 1 fully saturated rings. The number of nitrogens with one attached hydrogen (secondary N) is 2. The van der Waals surface area contributed by atoms with Crippen molar-refractivity contribution in [3.05, 3.63) is 114 Å². The number of benzene rings is 3. The Kier molecular flexibility index (Phi) is 11.8. The first-order chi connectivity index (χ1) is 23.7. The maximum Gasteiger partial charge on any atom is 0.320 e. The van der Waals surface area contributed by atoms with Crippen molar-refractivity contribution in [2.24, 2.45) is 5.73 Å². The van der Waals surface area contributed by atoms with Gasteiger partial charge in [0.1, 0.15) is 17.6 Å². The van der Waals surface area contributed by atoms with Crippen molar-refractivity contribution in [1.29, 1.82) is 0 Å². The minimum atomic E-state index is -1.38. The van der Waals surface area contributed by atoms with E-state index >= 15 is 0 Å². The van der Waals surface area contributed by atoms with Crippen molar-refractivity contribution in [2.45, 2.75) is 37.6 Å². The van der Waals surface area contributed by atoms with E-state index < -0.39 is 48.1 Å². The topological polar surface area (TPSA) is 167 Å². The highest BCUT2D eigenvalue weighted by Gasteiger charge is 2.32. The summed E-state index contributed by atoms with van der Waals surface area (Å²) in [6.07, 6.45) is -1.65. The zero-order valence-corrected chi connectivity index (χ0v) is 26.8. The first kappa shape index (κ1) is 34.9. The number of hydrogen-bond acceptors (Lipinski definition) is 7. The normalized spacial score (nSPS) is 14.8. The van der Waals surface area contributed by atoms with Gasteiger partial charge in [-0.05, 0) is 41.8 Å². The third-order valence-electron chi connectivity index (χ3n) is 8.20. The number of morpholine rings is 1. The maximum absolute atomic E-state index is 13.7. The Morgan fingerprint density at radius 3 is 2.31 bits per heavy atom. The molecule has 3 atom stereocenters. The van der Waals surface area contributed by atoms with Gasteiger partial charge in [0.2, 0.25) is 11.8 Å². The Bertz CT molecular complexity index is 1750. The zero-order chi connectivity index (χ0) is 34.8. The molecular formula is C36H39FN6O6. The van der Waals surface area contributed by atoms with E-state index in [0.29, 0.717) is 37.4 Å². The van der Waals surface area contributed by atoms with Crippen LogP contribution in [0.2, 0.25) is 0 Å². The molecule has 0 radical (unpaired) electrons. The van der Waals surface area contributed by atoms with Gasteiger partial charge in [0, 0.05) is 25.0 Å². The number of amides is 5. The molecule has 5 rings (SSSR count). The fraction of sp³-hybridized carbons (Fsp3) is 0.306. The summed E-state index contributed by atoms with van der Waals surface area (Å²) in [4.78, 5) is 60.1. The Balaban J connectivity index is 1.37. The number of hydrogen-bond donors (Lipinski definition) is 4. The molecule has 2 unspecified atom stereocenters. The summed E-state index contributed by atoms with van der Waals surface area (Å²) in [5.41, 5.74) is 7.52. The molecule has 4 aromatic rings. The first-order valence-corrected chi connectivity index (χ1v) is 16.0. The van der Waals surface area contributed by atoms with E-state index in [-0.39, 0.29) is 31.2 Å². The quantitative estimate of drug-likeness (QED) is 0.170. The summed E-state index contributed by atoms with van der Waals surface area (Å²) in [7, 11) is 0. The molecule has 0 bridgehead atoms. The van der Waals surface area contributed by atoms with E-state index in [9.17, 15) is 28.7 Å². The second-order valence-electron chi connectivity index (χ2n) is 11.8. The Hall–Kier alpha value is -5.40. The van der Waals surface area contributed by atoms with Crippen LogP contribution in [0.4, 0.5) is 9.18 Å². The first-order valence-electron chi connectivity index (χ1n) is 16.0. The van der Waals surface area contributed by atoms with Crippen LogP contribution in [-0.2, 0) is 27.3 Å². The van der Waals surface area contributed by atoms with Crippen molar-refractivity contribution in [3.8, 4) is 0 Å². The standard InChI is InChI=1S/C36H39FN6O6/c37-27-13-10-25(11-14-27)22-43(36(48)42-16-18-49-19-17-42)23-32(44)30(20-24-6-2-1-3-7-24)40-35(47)31(21-33(38)45)41-34(46)29-15-12-26-8-4-5-9-28(26)39-29/h1-15,30-32,44H,16-23H2,(H2,38,45)(H,40,47)(H,41,46)/t30-,31?,32?/m0/s1. The molecule has 1 saturated heterocycles.